The number of carbonyl (C=O) groups excluding carboxylic acids is 2. The van der Waals surface area contributed by atoms with Gasteiger partial charge in [0.25, 0.3) is 5.91 Å². The number of amides is 1. The summed E-state index contributed by atoms with van der Waals surface area (Å²) in [5, 5.41) is 2.95. The number of carbonyl (C=O) groups is 2. The Hall–Kier alpha value is -2.25. The second-order valence-electron chi connectivity index (χ2n) is 10.9. The van der Waals surface area contributed by atoms with Crippen LogP contribution in [-0.4, -0.2) is 29.1 Å². The van der Waals surface area contributed by atoms with Gasteiger partial charge in [0, 0.05) is 24.0 Å². The third-order valence-electron chi connectivity index (χ3n) is 7.30. The van der Waals surface area contributed by atoms with E-state index in [4.69, 9.17) is 4.74 Å². The molecule has 0 fully saturated rings. The molecular formula is C34H49BrN2O3S. The Morgan fingerprint density at radius 3 is 2.05 bits per heavy atom. The van der Waals surface area contributed by atoms with Crippen molar-refractivity contribution in [1.82, 2.24) is 4.90 Å². The van der Waals surface area contributed by atoms with E-state index in [1.54, 1.807) is 18.2 Å². The van der Waals surface area contributed by atoms with Crippen LogP contribution in [0.2, 0.25) is 0 Å². The molecule has 2 aromatic rings. The number of unbranched alkanes of at least 4 members (excludes halogenated alkanes) is 11. The number of benzene rings is 2. The molecule has 1 amide bonds. The lowest BCUT2D eigenvalue weighted by Crippen LogP contribution is -2.14. The summed E-state index contributed by atoms with van der Waals surface area (Å²) < 4.78 is 5.96. The average molecular weight is 646 g/mol. The summed E-state index contributed by atoms with van der Waals surface area (Å²) in [7, 11) is 0. The molecule has 0 radical (unpaired) electrons. The normalized spacial score (nSPS) is 12.6. The molecule has 1 aliphatic heterocycles. The summed E-state index contributed by atoms with van der Waals surface area (Å²) >= 11 is 1.85. The van der Waals surface area contributed by atoms with E-state index in [0.717, 1.165) is 31.0 Å². The molecule has 226 valence electrons. The van der Waals surface area contributed by atoms with Crippen LogP contribution in [0.1, 0.15) is 124 Å². The van der Waals surface area contributed by atoms with Crippen molar-refractivity contribution in [2.45, 2.75) is 104 Å². The molecule has 1 N–H and O–H groups in total. The maximum absolute atomic E-state index is 12.9. The second-order valence-corrected chi connectivity index (χ2v) is 12.1. The number of thioether (sulfide) groups is 1. The molecule has 0 unspecified atom stereocenters. The molecule has 0 atom stereocenters. The van der Waals surface area contributed by atoms with E-state index in [1.165, 1.54) is 81.6 Å². The Balaban J connectivity index is 0.00000588. The maximum atomic E-state index is 12.9. The van der Waals surface area contributed by atoms with Crippen LogP contribution in [-0.2, 0) is 6.54 Å². The number of allylic oxidation sites excluding steroid dienone is 1. The van der Waals surface area contributed by atoms with Crippen molar-refractivity contribution in [1.29, 1.82) is 0 Å². The van der Waals surface area contributed by atoms with Crippen molar-refractivity contribution in [3.05, 3.63) is 70.3 Å². The molecule has 0 aromatic heterocycles. The molecular weight excluding hydrogens is 596 g/mol. The minimum atomic E-state index is -0.239. The van der Waals surface area contributed by atoms with Gasteiger partial charge in [-0.25, -0.2) is 0 Å². The maximum Gasteiger partial charge on any atom is 0.255 e. The van der Waals surface area contributed by atoms with Gasteiger partial charge in [-0.2, -0.15) is 0 Å². The average Bonchev–Trinajstić information content (AvgIpc) is 3.36. The Morgan fingerprint density at radius 2 is 1.49 bits per heavy atom. The zero-order valence-corrected chi connectivity index (χ0v) is 27.7. The largest absolute Gasteiger partial charge is 0.493 e. The fraction of sp³-hybridized carbons (Fsp3) is 0.529. The number of anilines is 1. The number of ketones is 1. The highest BCUT2D eigenvalue weighted by Crippen LogP contribution is 2.26. The monoisotopic (exact) mass is 644 g/mol. The first-order chi connectivity index (χ1) is 19.5. The number of nitrogens with one attached hydrogen (secondary N) is 1. The molecule has 2 aromatic carbocycles. The fourth-order valence-corrected chi connectivity index (χ4v) is 5.70. The highest BCUT2D eigenvalue weighted by Gasteiger charge is 2.15. The van der Waals surface area contributed by atoms with Gasteiger partial charge >= 0.3 is 0 Å². The quantitative estimate of drug-likeness (QED) is 0.122. The first-order valence-corrected chi connectivity index (χ1v) is 16.2. The Kier molecular flexibility index (Phi) is 16.9. The van der Waals surface area contributed by atoms with E-state index < -0.39 is 0 Å². The molecule has 1 aliphatic rings. The second kappa shape index (κ2) is 19.8. The molecule has 0 saturated heterocycles. The van der Waals surface area contributed by atoms with Gasteiger partial charge in [-0.1, -0.05) is 89.7 Å². The number of rotatable bonds is 19. The van der Waals surface area contributed by atoms with E-state index in [-0.39, 0.29) is 28.7 Å². The topological polar surface area (TPSA) is 58.6 Å². The van der Waals surface area contributed by atoms with Gasteiger partial charge in [0.1, 0.15) is 5.75 Å². The van der Waals surface area contributed by atoms with Crippen LogP contribution in [0.4, 0.5) is 5.69 Å². The number of halogens is 1. The SMILES string of the molecule is Br.CCCCCCCCCCCCCCOc1ccc(C(=O)Nc2ccc(CN3C=C(C)SC3)cc2)cc1C(C)=O. The predicted molar refractivity (Wildman–Crippen MR) is 179 cm³/mol. The van der Waals surface area contributed by atoms with Gasteiger partial charge in [-0.15, -0.1) is 28.7 Å². The Morgan fingerprint density at radius 1 is 0.878 bits per heavy atom. The molecule has 0 aliphatic carbocycles. The summed E-state index contributed by atoms with van der Waals surface area (Å²) in [6, 6.07) is 13.0. The summed E-state index contributed by atoms with van der Waals surface area (Å²) in [4.78, 5) is 28.8. The minimum Gasteiger partial charge on any atom is -0.493 e. The zero-order chi connectivity index (χ0) is 28.6. The van der Waals surface area contributed by atoms with Crippen molar-refractivity contribution in [2.75, 3.05) is 17.8 Å². The van der Waals surface area contributed by atoms with Gasteiger partial charge in [-0.3, -0.25) is 9.59 Å². The molecule has 41 heavy (non-hydrogen) atoms. The molecule has 3 rings (SSSR count). The van der Waals surface area contributed by atoms with Crippen LogP contribution in [0.15, 0.2) is 53.6 Å². The number of hydrogen-bond acceptors (Lipinski definition) is 5. The molecule has 0 saturated carbocycles. The molecule has 7 heteroatoms. The van der Waals surface area contributed by atoms with Crippen LogP contribution in [0.3, 0.4) is 0 Å². The third kappa shape index (κ3) is 13.1. The number of nitrogens with zero attached hydrogens (tertiary/aromatic N) is 1. The van der Waals surface area contributed by atoms with E-state index in [1.807, 2.05) is 36.0 Å². The first-order valence-electron chi connectivity index (χ1n) is 15.2. The predicted octanol–water partition coefficient (Wildman–Crippen LogP) is 10.2. The van der Waals surface area contributed by atoms with Gasteiger partial charge in [0.05, 0.1) is 18.0 Å². The van der Waals surface area contributed by atoms with Crippen LogP contribution in [0.25, 0.3) is 0 Å². The van der Waals surface area contributed by atoms with E-state index >= 15 is 0 Å². The lowest BCUT2D eigenvalue weighted by Gasteiger charge is -2.15. The third-order valence-corrected chi connectivity index (χ3v) is 8.32. The van der Waals surface area contributed by atoms with E-state index in [2.05, 4.69) is 30.3 Å². The number of hydrogen-bond donors (Lipinski definition) is 1. The van der Waals surface area contributed by atoms with Gasteiger partial charge in [0.2, 0.25) is 0 Å². The molecule has 1 heterocycles. The van der Waals surface area contributed by atoms with Crippen LogP contribution in [0.5, 0.6) is 5.75 Å². The smallest absolute Gasteiger partial charge is 0.255 e. The lowest BCUT2D eigenvalue weighted by molar-refractivity contribution is 0.101. The highest BCUT2D eigenvalue weighted by atomic mass is 79.9. The van der Waals surface area contributed by atoms with Gasteiger partial charge in [0.15, 0.2) is 5.78 Å². The minimum absolute atomic E-state index is 0. The van der Waals surface area contributed by atoms with Gasteiger partial charge < -0.3 is 15.0 Å². The first kappa shape index (κ1) is 34.9. The standard InChI is InChI=1S/C34H48N2O3S.BrH/c1-4-5-6-7-8-9-10-11-12-13-14-15-22-39-33-21-18-30(23-32(33)28(3)37)34(38)35-31-19-16-29(17-20-31)25-36-24-27(2)40-26-36;/h16-21,23-24H,4-15,22,25-26H2,1-3H3,(H,35,38);1H. The van der Waals surface area contributed by atoms with Crippen LogP contribution in [0, 0.1) is 0 Å². The summed E-state index contributed by atoms with van der Waals surface area (Å²) in [6.07, 6.45) is 17.7. The molecule has 0 spiro atoms. The van der Waals surface area contributed by atoms with Crippen LogP contribution < -0.4 is 10.1 Å². The molecule has 5 nitrogen and oxygen atoms in total. The lowest BCUT2D eigenvalue weighted by atomic mass is 10.1. The van der Waals surface area contributed by atoms with Crippen molar-refractivity contribution < 1.29 is 14.3 Å². The van der Waals surface area contributed by atoms with Gasteiger partial charge in [-0.05, 0) is 61.1 Å². The Labute approximate surface area is 262 Å². The zero-order valence-electron chi connectivity index (χ0n) is 25.2. The van der Waals surface area contributed by atoms with Crippen molar-refractivity contribution in [2.24, 2.45) is 0 Å². The van der Waals surface area contributed by atoms with Crippen molar-refractivity contribution >= 4 is 46.1 Å². The number of ether oxygens (including phenoxy) is 1. The fourth-order valence-electron chi connectivity index (χ4n) is 4.94. The van der Waals surface area contributed by atoms with Crippen molar-refractivity contribution in [3.8, 4) is 5.75 Å². The Bertz CT molecular complexity index is 1100. The van der Waals surface area contributed by atoms with Crippen LogP contribution >= 0.6 is 28.7 Å². The number of Topliss-reactive ketones (excluding diaryl/α,β-unsaturated/α-hetero) is 1. The molecule has 0 bridgehead atoms. The summed E-state index contributed by atoms with van der Waals surface area (Å²) in [5.74, 6) is 1.19. The van der Waals surface area contributed by atoms with E-state index in [0.29, 0.717) is 23.5 Å². The van der Waals surface area contributed by atoms with E-state index in [9.17, 15) is 9.59 Å². The summed E-state index contributed by atoms with van der Waals surface area (Å²) in [6.45, 7) is 7.34. The highest BCUT2D eigenvalue weighted by molar-refractivity contribution is 8.93. The summed E-state index contributed by atoms with van der Waals surface area (Å²) in [5.41, 5.74) is 2.82. The van der Waals surface area contributed by atoms with Crippen molar-refractivity contribution in [3.63, 3.8) is 0 Å².